The van der Waals surface area contributed by atoms with Crippen molar-refractivity contribution in [1.29, 1.82) is 0 Å². The third-order valence-electron chi connectivity index (χ3n) is 11.2. The lowest BCUT2D eigenvalue weighted by molar-refractivity contribution is -0.121. The lowest BCUT2D eigenvalue weighted by atomic mass is 9.79. The second-order valence-corrected chi connectivity index (χ2v) is 17.6. The molecule has 3 aliphatic rings. The Bertz CT molecular complexity index is 1330. The van der Waals surface area contributed by atoms with E-state index in [9.17, 15) is 4.79 Å². The number of hydrogen-bond acceptors (Lipinski definition) is 4. The Morgan fingerprint density at radius 1 is 0.855 bits per heavy atom. The molecule has 2 aliphatic carbocycles. The largest absolute Gasteiger partial charge is 0.380 e. The predicted octanol–water partition coefficient (Wildman–Crippen LogP) is 13.0. The summed E-state index contributed by atoms with van der Waals surface area (Å²) < 4.78 is 0. The molecular weight excluding hydrogens is 673 g/mol. The number of fused-ring (bicyclic) bond motifs is 1. The first-order chi connectivity index (χ1) is 25.8. The van der Waals surface area contributed by atoms with E-state index in [0.29, 0.717) is 30.8 Å². The highest BCUT2D eigenvalue weighted by atomic mass is 16.1. The number of hydrogen-bond donors (Lipinski definition) is 3. The molecular formula is C50H88N4O. The molecule has 0 aromatic heterocycles. The van der Waals surface area contributed by atoms with Crippen LogP contribution in [0.5, 0.6) is 0 Å². The second kappa shape index (κ2) is 25.1. The third-order valence-corrected chi connectivity index (χ3v) is 11.2. The first-order valence-corrected chi connectivity index (χ1v) is 21.8. The number of likely N-dealkylation sites (tertiary alicyclic amines) is 1. The number of amides is 1. The number of nitrogens with one attached hydrogen (secondary N) is 3. The van der Waals surface area contributed by atoms with Gasteiger partial charge in [-0.1, -0.05) is 178 Å². The Hall–Kier alpha value is -3.21. The molecule has 0 spiro atoms. The van der Waals surface area contributed by atoms with Crippen LogP contribution in [0.15, 0.2) is 91.5 Å². The van der Waals surface area contributed by atoms with E-state index in [2.05, 4.69) is 109 Å². The summed E-state index contributed by atoms with van der Waals surface area (Å²) in [7, 11) is 0. The van der Waals surface area contributed by atoms with Crippen LogP contribution in [0.25, 0.3) is 0 Å². The van der Waals surface area contributed by atoms with Gasteiger partial charge in [0.15, 0.2) is 0 Å². The molecule has 1 aromatic rings. The van der Waals surface area contributed by atoms with E-state index in [1.807, 2.05) is 78.8 Å². The van der Waals surface area contributed by atoms with Crippen molar-refractivity contribution in [3.8, 4) is 0 Å². The molecule has 1 aromatic carbocycles. The average molecular weight is 761 g/mol. The van der Waals surface area contributed by atoms with Crippen LogP contribution in [0.4, 0.5) is 0 Å². The first kappa shape index (κ1) is 51.8. The quantitative estimate of drug-likeness (QED) is 0.147. The predicted molar refractivity (Wildman–Crippen MR) is 245 cm³/mol. The number of piperidine rings is 1. The smallest absolute Gasteiger partial charge is 0.220 e. The van der Waals surface area contributed by atoms with Crippen molar-refractivity contribution in [3.63, 3.8) is 0 Å². The molecule has 0 radical (unpaired) electrons. The molecule has 314 valence electrons. The molecule has 3 fully saturated rings. The molecule has 1 saturated heterocycles. The van der Waals surface area contributed by atoms with E-state index in [0.717, 1.165) is 65.0 Å². The van der Waals surface area contributed by atoms with E-state index < -0.39 is 0 Å². The van der Waals surface area contributed by atoms with Gasteiger partial charge in [-0.15, -0.1) is 0 Å². The highest BCUT2D eigenvalue weighted by molar-refractivity contribution is 5.75. The van der Waals surface area contributed by atoms with Gasteiger partial charge in [0, 0.05) is 36.6 Å². The Morgan fingerprint density at radius 3 is 1.87 bits per heavy atom. The fraction of sp³-hybridized carbons (Fsp3) is 0.660. The second-order valence-electron chi connectivity index (χ2n) is 17.6. The van der Waals surface area contributed by atoms with Gasteiger partial charge in [-0.05, 0) is 78.7 Å². The molecule has 4 rings (SSSR count). The van der Waals surface area contributed by atoms with Crippen LogP contribution in [-0.4, -0.2) is 35.5 Å². The number of rotatable bonds is 16. The molecule has 5 heteroatoms. The van der Waals surface area contributed by atoms with Crippen molar-refractivity contribution in [3.05, 3.63) is 97.0 Å². The van der Waals surface area contributed by atoms with Crippen molar-refractivity contribution in [1.82, 2.24) is 20.9 Å². The molecule has 1 aliphatic heterocycles. The molecule has 0 bridgehead atoms. The maximum Gasteiger partial charge on any atom is 0.220 e. The van der Waals surface area contributed by atoms with Crippen LogP contribution >= 0.6 is 0 Å². The molecule has 1 heterocycles. The van der Waals surface area contributed by atoms with Crippen molar-refractivity contribution in [2.75, 3.05) is 6.54 Å². The van der Waals surface area contributed by atoms with E-state index in [4.69, 9.17) is 0 Å². The van der Waals surface area contributed by atoms with Gasteiger partial charge in [0.05, 0.1) is 18.1 Å². The fourth-order valence-corrected chi connectivity index (χ4v) is 7.04. The minimum Gasteiger partial charge on any atom is -0.380 e. The molecule has 1 amide bonds. The summed E-state index contributed by atoms with van der Waals surface area (Å²) in [6.07, 6.45) is 8.04. The lowest BCUT2D eigenvalue weighted by Crippen LogP contribution is -2.49. The molecule has 5 nitrogen and oxygen atoms in total. The summed E-state index contributed by atoms with van der Waals surface area (Å²) in [4.78, 5) is 14.3. The van der Waals surface area contributed by atoms with Gasteiger partial charge in [-0.25, -0.2) is 0 Å². The topological polar surface area (TPSA) is 56.4 Å². The number of benzene rings is 1. The van der Waals surface area contributed by atoms with Crippen LogP contribution in [0.3, 0.4) is 0 Å². The van der Waals surface area contributed by atoms with Gasteiger partial charge >= 0.3 is 0 Å². The Labute approximate surface area is 342 Å². The lowest BCUT2D eigenvalue weighted by Gasteiger charge is -2.42. The van der Waals surface area contributed by atoms with E-state index in [1.165, 1.54) is 25.7 Å². The van der Waals surface area contributed by atoms with E-state index in [1.54, 1.807) is 0 Å². The van der Waals surface area contributed by atoms with Crippen LogP contribution < -0.4 is 16.0 Å². The fourth-order valence-electron chi connectivity index (χ4n) is 7.04. The summed E-state index contributed by atoms with van der Waals surface area (Å²) in [5.41, 5.74) is 6.93. The van der Waals surface area contributed by atoms with Crippen molar-refractivity contribution < 1.29 is 4.79 Å². The van der Waals surface area contributed by atoms with Gasteiger partial charge in [-0.2, -0.15) is 0 Å². The SMILES string of the molecule is C=C(C)NC(C(=C)N1C[C@@H]2C[C@@H]2C1C(=C)NC(CC1CCC1)C(=C)C(=C)C)C(C)(C)C.CC.CC.CC.CC(CCC(=O)NCc1ccccc1)C(C)(C)C. The molecule has 55 heavy (non-hydrogen) atoms. The van der Waals surface area contributed by atoms with Crippen LogP contribution in [0.2, 0.25) is 0 Å². The highest BCUT2D eigenvalue weighted by Crippen LogP contribution is 2.53. The summed E-state index contributed by atoms with van der Waals surface area (Å²) in [6.45, 7) is 55.2. The zero-order valence-electron chi connectivity index (χ0n) is 38.7. The standard InChI is InChI=1S/C28H45N3.C16H25NO.3C2H6/c1-17(2)19(5)25(14-22-12-11-13-22)30-20(6)26-24-15-23(24)16-31(26)21(7)27(28(8,9)10)29-18(3)4;1-13(16(2,3)4)10-11-15(18)17-12-14-8-6-5-7-9-14;3*1-2/h22-27,29-30H,1,3,5-7,11-16H2,2,4,8-10H3;5-9,13H,10-12H2,1-4H3,(H,17,18);3*1-2H3/t23-,24-,25?,26?,27?;;;;/m0..../s1. The van der Waals surface area contributed by atoms with Gasteiger partial charge in [-0.3, -0.25) is 4.79 Å². The summed E-state index contributed by atoms with van der Waals surface area (Å²) >= 11 is 0. The minimum atomic E-state index is 0.0448. The minimum absolute atomic E-state index is 0.0448. The highest BCUT2D eigenvalue weighted by Gasteiger charge is 2.55. The number of carbonyl (C=O) groups excluding carboxylic acids is 1. The Balaban J connectivity index is 0.00000104. The first-order valence-electron chi connectivity index (χ1n) is 21.8. The van der Waals surface area contributed by atoms with Crippen LogP contribution in [-0.2, 0) is 11.3 Å². The van der Waals surface area contributed by atoms with E-state index >= 15 is 0 Å². The van der Waals surface area contributed by atoms with Crippen molar-refractivity contribution in [2.45, 2.75) is 173 Å². The van der Waals surface area contributed by atoms with Gasteiger partial charge in [0.2, 0.25) is 5.91 Å². The van der Waals surface area contributed by atoms with Gasteiger partial charge in [0.25, 0.3) is 0 Å². The zero-order valence-corrected chi connectivity index (χ0v) is 38.7. The zero-order chi connectivity index (χ0) is 42.7. The molecule has 6 atom stereocenters. The number of allylic oxidation sites excluding steroid dienone is 1. The third kappa shape index (κ3) is 17.6. The van der Waals surface area contributed by atoms with Gasteiger partial charge in [0.1, 0.15) is 0 Å². The molecule has 2 saturated carbocycles. The summed E-state index contributed by atoms with van der Waals surface area (Å²) in [5, 5.41) is 10.4. The maximum absolute atomic E-state index is 11.7. The van der Waals surface area contributed by atoms with Crippen molar-refractivity contribution >= 4 is 5.91 Å². The Morgan fingerprint density at radius 2 is 1.42 bits per heavy atom. The monoisotopic (exact) mass is 761 g/mol. The van der Waals surface area contributed by atoms with Crippen LogP contribution in [0, 0.1) is 34.5 Å². The average Bonchev–Trinajstić information content (AvgIpc) is 3.79. The normalized spacial score (nSPS) is 19.8. The summed E-state index contributed by atoms with van der Waals surface area (Å²) in [5.74, 6) is 2.95. The number of nitrogens with zero attached hydrogens (tertiary/aromatic N) is 1. The maximum atomic E-state index is 11.7. The van der Waals surface area contributed by atoms with E-state index in [-0.39, 0.29) is 28.8 Å². The number of carbonyl (C=O) groups is 1. The molecule has 4 unspecified atom stereocenters. The van der Waals surface area contributed by atoms with Crippen LogP contribution in [0.1, 0.15) is 154 Å². The van der Waals surface area contributed by atoms with Crippen molar-refractivity contribution in [2.24, 2.45) is 34.5 Å². The molecule has 3 N–H and O–H groups in total. The summed E-state index contributed by atoms with van der Waals surface area (Å²) in [6, 6.07) is 10.7. The Kier molecular flexibility index (Phi) is 23.7. The van der Waals surface area contributed by atoms with Gasteiger partial charge < -0.3 is 20.9 Å².